The monoisotopic (exact) mass is 498 g/mol. The van der Waals surface area contributed by atoms with Crippen LogP contribution in [0, 0.1) is 40.2 Å². The van der Waals surface area contributed by atoms with Crippen molar-refractivity contribution in [2.45, 2.75) is 44.9 Å². The van der Waals surface area contributed by atoms with E-state index in [2.05, 4.69) is 32.0 Å². The second-order valence-corrected chi connectivity index (χ2v) is 9.92. The van der Waals surface area contributed by atoms with Crippen LogP contribution in [-0.4, -0.2) is 44.1 Å². The number of rotatable bonds is 5. The maximum Gasteiger partial charge on any atom is 0.291 e. The zero-order chi connectivity index (χ0) is 26.4. The van der Waals surface area contributed by atoms with Crippen LogP contribution in [0.1, 0.15) is 67.0 Å². The summed E-state index contributed by atoms with van der Waals surface area (Å²) in [6.07, 6.45) is 4.05. The van der Waals surface area contributed by atoms with Crippen LogP contribution >= 0.6 is 0 Å². The summed E-state index contributed by atoms with van der Waals surface area (Å²) in [5.74, 6) is 4.82. The van der Waals surface area contributed by atoms with Gasteiger partial charge in [0.1, 0.15) is 17.7 Å². The lowest BCUT2D eigenvalue weighted by atomic mass is 9.58. The largest absolute Gasteiger partial charge is 0.335 e. The molecule has 186 valence electrons. The highest BCUT2D eigenvalue weighted by Crippen LogP contribution is 2.54. The first kappa shape index (κ1) is 24.5. The normalized spacial score (nSPS) is 20.7. The average molecular weight is 499 g/mol. The smallest absolute Gasteiger partial charge is 0.291 e. The van der Waals surface area contributed by atoms with Crippen molar-refractivity contribution in [1.82, 2.24) is 25.1 Å². The van der Waals surface area contributed by atoms with E-state index in [0.29, 0.717) is 25.1 Å². The van der Waals surface area contributed by atoms with Crippen molar-refractivity contribution in [3.63, 3.8) is 0 Å². The first-order chi connectivity index (χ1) is 17.7. The highest BCUT2D eigenvalue weighted by molar-refractivity contribution is 5.90. The van der Waals surface area contributed by atoms with E-state index in [1.807, 2.05) is 26.8 Å². The average Bonchev–Trinajstić information content (AvgIpc) is 3.08. The van der Waals surface area contributed by atoms with Crippen LogP contribution in [0.2, 0.25) is 0 Å². The standard InChI is InChI=1S/C28H24F2N6O/c1-4-36(26(37)25-32-14-17(13-31)15-33-25)16-28-11-9-18(8-10-27(28,2)3)19-12-22(34-35-24(19)28)23-20(29)6-5-7-21(23)30/h5-7,12,14-15,18H,4,9,11,16H2,1-3H3/t18-,28-/m0/s1. The van der Waals surface area contributed by atoms with Gasteiger partial charge < -0.3 is 4.90 Å². The van der Waals surface area contributed by atoms with E-state index in [4.69, 9.17) is 5.26 Å². The first-order valence-corrected chi connectivity index (χ1v) is 12.1. The molecule has 1 amide bonds. The van der Waals surface area contributed by atoms with Crippen molar-refractivity contribution in [2.24, 2.45) is 5.41 Å². The third-order valence-electron chi connectivity index (χ3n) is 7.59. The number of halogens is 2. The number of nitrogens with zero attached hydrogens (tertiary/aromatic N) is 6. The molecule has 2 atom stereocenters. The fourth-order valence-corrected chi connectivity index (χ4v) is 5.36. The molecule has 0 saturated heterocycles. The molecule has 0 radical (unpaired) electrons. The Labute approximate surface area is 213 Å². The van der Waals surface area contributed by atoms with E-state index >= 15 is 0 Å². The zero-order valence-electron chi connectivity index (χ0n) is 20.7. The molecule has 3 aromatic rings. The van der Waals surface area contributed by atoms with Crippen molar-refractivity contribution in [3.05, 3.63) is 70.9 Å². The predicted molar refractivity (Wildman–Crippen MR) is 131 cm³/mol. The van der Waals surface area contributed by atoms with E-state index < -0.39 is 22.5 Å². The number of fused-ring (bicyclic) bond motifs is 2. The van der Waals surface area contributed by atoms with Gasteiger partial charge in [-0.2, -0.15) is 10.4 Å². The minimum Gasteiger partial charge on any atom is -0.335 e. The number of hydrogen-bond acceptors (Lipinski definition) is 6. The number of carbonyl (C=O) groups is 1. The summed E-state index contributed by atoms with van der Waals surface area (Å²) in [5.41, 5.74) is 0.372. The lowest BCUT2D eigenvalue weighted by Gasteiger charge is -2.48. The Morgan fingerprint density at radius 2 is 1.92 bits per heavy atom. The van der Waals surface area contributed by atoms with Crippen LogP contribution in [0.15, 0.2) is 36.7 Å². The number of carbonyl (C=O) groups excluding carboxylic acids is 1. The van der Waals surface area contributed by atoms with Gasteiger partial charge in [0.2, 0.25) is 5.82 Å². The Hall–Kier alpha value is -4.24. The number of hydrogen-bond donors (Lipinski definition) is 0. The van der Waals surface area contributed by atoms with Crippen molar-refractivity contribution in [2.75, 3.05) is 13.1 Å². The summed E-state index contributed by atoms with van der Waals surface area (Å²) in [4.78, 5) is 23.2. The van der Waals surface area contributed by atoms with E-state index in [1.54, 1.807) is 11.0 Å². The number of nitriles is 1. The Bertz CT molecular complexity index is 1480. The van der Waals surface area contributed by atoms with Crippen LogP contribution in [0.3, 0.4) is 0 Å². The molecular weight excluding hydrogens is 474 g/mol. The van der Waals surface area contributed by atoms with Gasteiger partial charge in [0.25, 0.3) is 5.91 Å². The Morgan fingerprint density at radius 1 is 1.22 bits per heavy atom. The summed E-state index contributed by atoms with van der Waals surface area (Å²) in [7, 11) is 0. The predicted octanol–water partition coefficient (Wildman–Crippen LogP) is 4.40. The van der Waals surface area contributed by atoms with E-state index in [0.717, 1.165) is 5.56 Å². The number of aromatic nitrogens is 4. The molecule has 0 unspecified atom stereocenters. The van der Waals surface area contributed by atoms with Gasteiger partial charge in [0.05, 0.1) is 22.5 Å². The van der Waals surface area contributed by atoms with Crippen molar-refractivity contribution in [1.29, 1.82) is 5.26 Å². The summed E-state index contributed by atoms with van der Waals surface area (Å²) in [6.45, 7) is 6.60. The molecule has 7 nitrogen and oxygen atoms in total. The van der Waals surface area contributed by atoms with Gasteiger partial charge in [-0.1, -0.05) is 17.9 Å². The minimum absolute atomic E-state index is 0.000122. The Balaban J connectivity index is 1.60. The topological polar surface area (TPSA) is 95.7 Å². The SMILES string of the molecule is CCN(C[C@]12CC[C@H](C#CC1(C)C)c1cc(-c3c(F)cccc3F)nnc12)C(=O)c1ncc(C#N)cn1. The summed E-state index contributed by atoms with van der Waals surface area (Å²) in [6, 6.07) is 7.34. The molecule has 0 aliphatic heterocycles. The summed E-state index contributed by atoms with van der Waals surface area (Å²) < 4.78 is 29.1. The second kappa shape index (κ2) is 9.01. The molecule has 0 fully saturated rings. The van der Waals surface area contributed by atoms with E-state index in [1.165, 1.54) is 30.6 Å². The van der Waals surface area contributed by atoms with Crippen molar-refractivity contribution < 1.29 is 13.6 Å². The molecule has 1 aromatic carbocycles. The quantitative estimate of drug-likeness (QED) is 0.484. The van der Waals surface area contributed by atoms with Crippen molar-refractivity contribution in [3.8, 4) is 29.2 Å². The highest BCUT2D eigenvalue weighted by atomic mass is 19.1. The van der Waals surface area contributed by atoms with Crippen LogP contribution < -0.4 is 0 Å². The zero-order valence-corrected chi connectivity index (χ0v) is 20.7. The molecule has 6 rings (SSSR count). The first-order valence-electron chi connectivity index (χ1n) is 12.1. The molecular formula is C28H24F2N6O. The maximum absolute atomic E-state index is 14.5. The molecule has 0 N–H and O–H groups in total. The fourth-order valence-electron chi connectivity index (χ4n) is 5.36. The lowest BCUT2D eigenvalue weighted by molar-refractivity contribution is 0.0615. The Kier molecular flexibility index (Phi) is 5.95. The van der Waals surface area contributed by atoms with Gasteiger partial charge >= 0.3 is 0 Å². The molecule has 0 saturated carbocycles. The highest BCUT2D eigenvalue weighted by Gasteiger charge is 2.54. The van der Waals surface area contributed by atoms with Gasteiger partial charge in [-0.25, -0.2) is 18.7 Å². The van der Waals surface area contributed by atoms with Gasteiger partial charge in [0.15, 0.2) is 0 Å². The number of likely N-dealkylation sites (N-methyl/N-ethyl adjacent to an activating group) is 1. The van der Waals surface area contributed by atoms with Crippen LogP contribution in [0.25, 0.3) is 11.3 Å². The van der Waals surface area contributed by atoms with Gasteiger partial charge in [-0.05, 0) is 57.4 Å². The molecule has 2 aromatic heterocycles. The lowest BCUT2D eigenvalue weighted by Crippen LogP contribution is -2.53. The molecule has 3 aliphatic carbocycles. The van der Waals surface area contributed by atoms with E-state index in [9.17, 15) is 13.6 Å². The molecule has 3 aliphatic rings. The van der Waals surface area contributed by atoms with Crippen LogP contribution in [-0.2, 0) is 5.41 Å². The molecule has 2 bridgehead atoms. The maximum atomic E-state index is 14.5. The molecule has 0 spiro atoms. The van der Waals surface area contributed by atoms with Crippen LogP contribution in [0.5, 0.6) is 0 Å². The third kappa shape index (κ3) is 3.92. The summed E-state index contributed by atoms with van der Waals surface area (Å²) in [5, 5.41) is 17.8. The minimum atomic E-state index is -0.709. The number of benzene rings is 1. The molecule has 37 heavy (non-hydrogen) atoms. The second-order valence-electron chi connectivity index (χ2n) is 9.92. The molecule has 2 heterocycles. The molecule has 9 heteroatoms. The van der Waals surface area contributed by atoms with Gasteiger partial charge in [-0.3, -0.25) is 4.79 Å². The summed E-state index contributed by atoms with van der Waals surface area (Å²) >= 11 is 0. The van der Waals surface area contributed by atoms with Crippen LogP contribution in [0.4, 0.5) is 8.78 Å². The van der Waals surface area contributed by atoms with Crippen molar-refractivity contribution >= 4 is 5.91 Å². The van der Waals surface area contributed by atoms with Gasteiger partial charge in [-0.15, -0.1) is 5.10 Å². The third-order valence-corrected chi connectivity index (χ3v) is 7.59. The van der Waals surface area contributed by atoms with Gasteiger partial charge in [0, 0.05) is 42.2 Å². The van der Waals surface area contributed by atoms with E-state index in [-0.39, 0.29) is 41.0 Å². The number of amides is 1. The fraction of sp³-hybridized carbons (Fsp3) is 0.357. The Morgan fingerprint density at radius 3 is 2.57 bits per heavy atom.